The van der Waals surface area contributed by atoms with Crippen LogP contribution in [0, 0.1) is 13.8 Å². The molecule has 223 valence electrons. The molecule has 4 heteroatoms. The first-order valence-corrected chi connectivity index (χ1v) is 16.7. The van der Waals surface area contributed by atoms with E-state index < -0.39 is 0 Å². The summed E-state index contributed by atoms with van der Waals surface area (Å²) < 4.78 is 4.96. The van der Waals surface area contributed by atoms with Gasteiger partial charge in [0, 0.05) is 54.8 Å². The van der Waals surface area contributed by atoms with E-state index in [9.17, 15) is 0 Å². The predicted molar refractivity (Wildman–Crippen MR) is 205 cm³/mol. The van der Waals surface area contributed by atoms with E-state index in [1.165, 1.54) is 98.8 Å². The minimum atomic E-state index is 1.12. The number of para-hydroxylation sites is 5. The van der Waals surface area contributed by atoms with Gasteiger partial charge in [0.25, 0.3) is 0 Å². The highest BCUT2D eigenvalue weighted by Gasteiger charge is 2.28. The van der Waals surface area contributed by atoms with Gasteiger partial charge in [-0.1, -0.05) is 109 Å². The van der Waals surface area contributed by atoms with E-state index in [-0.39, 0.29) is 0 Å². The lowest BCUT2D eigenvalue weighted by atomic mass is 9.59. The van der Waals surface area contributed by atoms with Gasteiger partial charge in [0.2, 0.25) is 0 Å². The van der Waals surface area contributed by atoms with E-state index in [0.717, 1.165) is 11.4 Å². The molecule has 48 heavy (non-hydrogen) atoms. The van der Waals surface area contributed by atoms with Crippen LogP contribution >= 0.6 is 0 Å². The van der Waals surface area contributed by atoms with E-state index >= 15 is 0 Å². The SMILES string of the molecule is Cc1cc(-c2ccc3c(c2Nc2ccccc2C)c2cccc4c5ccccc5n3c42)c2c(c1)-n1c3ccccc3c3cccc(c31)[B]2. The predicted octanol–water partition coefficient (Wildman–Crippen LogP) is 9.93. The van der Waals surface area contributed by atoms with Gasteiger partial charge in [-0.05, 0) is 66.3 Å². The summed E-state index contributed by atoms with van der Waals surface area (Å²) in [5.41, 5.74) is 17.2. The number of aromatic nitrogens is 2. The second-order valence-corrected chi connectivity index (χ2v) is 13.4. The second-order valence-electron chi connectivity index (χ2n) is 13.4. The molecule has 1 radical (unpaired) electrons. The highest BCUT2D eigenvalue weighted by molar-refractivity contribution is 6.73. The molecule has 0 unspecified atom stereocenters. The lowest BCUT2D eigenvalue weighted by Gasteiger charge is -2.25. The van der Waals surface area contributed by atoms with Crippen LogP contribution in [-0.2, 0) is 0 Å². The van der Waals surface area contributed by atoms with Gasteiger partial charge >= 0.3 is 0 Å². The maximum atomic E-state index is 4.01. The van der Waals surface area contributed by atoms with Crippen molar-refractivity contribution < 1.29 is 0 Å². The lowest BCUT2D eigenvalue weighted by Crippen LogP contribution is -2.37. The molecule has 0 spiro atoms. The molecule has 7 aromatic carbocycles. The molecule has 1 aliphatic rings. The average molecular weight is 611 g/mol. The van der Waals surface area contributed by atoms with Crippen molar-refractivity contribution in [2.75, 3.05) is 5.32 Å². The largest absolute Gasteiger partial charge is 0.354 e. The van der Waals surface area contributed by atoms with Gasteiger partial charge in [-0.2, -0.15) is 0 Å². The number of benzene rings is 7. The lowest BCUT2D eigenvalue weighted by molar-refractivity contribution is 1.18. The minimum absolute atomic E-state index is 1.12. The second kappa shape index (κ2) is 9.30. The molecule has 4 heterocycles. The summed E-state index contributed by atoms with van der Waals surface area (Å²) in [6.07, 6.45) is 0. The summed E-state index contributed by atoms with van der Waals surface area (Å²) in [6, 6.07) is 49.2. The van der Waals surface area contributed by atoms with Crippen molar-refractivity contribution in [1.29, 1.82) is 0 Å². The summed E-state index contributed by atoms with van der Waals surface area (Å²) in [7, 11) is 2.41. The Balaban J connectivity index is 1.28. The standard InChI is InChI=1S/C44H29BN3/c1-25-23-33(41-39(24-25)48-37-20-8-5-13-28(37)31-15-10-17-34(45-41)44(31)48)29-21-22-38-40(42(29)46-35-18-6-3-11-26(35)2)32-16-9-14-30-27-12-4-7-19-36(27)47(38)43(30)32/h3-24,46H,1-2H3. The molecule has 0 bridgehead atoms. The van der Waals surface area contributed by atoms with Crippen molar-refractivity contribution in [3.63, 3.8) is 0 Å². The molecule has 1 N–H and O–H groups in total. The van der Waals surface area contributed by atoms with Gasteiger partial charge in [-0.25, -0.2) is 0 Å². The van der Waals surface area contributed by atoms with E-state index in [1.54, 1.807) is 0 Å². The van der Waals surface area contributed by atoms with Crippen LogP contribution in [0.5, 0.6) is 0 Å². The number of fused-ring (bicyclic) bond motifs is 11. The molecule has 11 rings (SSSR count). The Kier molecular flexibility index (Phi) is 5.06. The third kappa shape index (κ3) is 3.29. The van der Waals surface area contributed by atoms with Crippen molar-refractivity contribution in [2.24, 2.45) is 0 Å². The molecule has 3 aromatic heterocycles. The van der Waals surface area contributed by atoms with Gasteiger partial charge < -0.3 is 14.3 Å². The third-order valence-electron chi connectivity index (χ3n) is 10.7. The zero-order chi connectivity index (χ0) is 31.7. The molecule has 0 amide bonds. The molecule has 3 nitrogen and oxygen atoms in total. The summed E-state index contributed by atoms with van der Waals surface area (Å²) >= 11 is 0. The molecule has 0 aliphatic carbocycles. The molecule has 0 saturated carbocycles. The number of rotatable bonds is 3. The topological polar surface area (TPSA) is 21.4 Å². The number of nitrogens with zero attached hydrogens (tertiary/aromatic N) is 2. The number of hydrogen-bond acceptors (Lipinski definition) is 1. The van der Waals surface area contributed by atoms with E-state index in [2.05, 4.69) is 169 Å². The fourth-order valence-electron chi connectivity index (χ4n) is 8.63. The monoisotopic (exact) mass is 610 g/mol. The normalized spacial score (nSPS) is 12.5. The van der Waals surface area contributed by atoms with E-state index in [0.29, 0.717) is 0 Å². The smallest absolute Gasteiger partial charge is 0.197 e. The third-order valence-corrected chi connectivity index (χ3v) is 10.7. The highest BCUT2D eigenvalue weighted by Crippen LogP contribution is 2.46. The Morgan fingerprint density at radius 3 is 2.08 bits per heavy atom. The molecule has 1 aliphatic heterocycles. The Labute approximate surface area is 278 Å². The van der Waals surface area contributed by atoms with Crippen LogP contribution in [-0.4, -0.2) is 16.2 Å². The number of aryl methyl sites for hydroxylation is 2. The summed E-state index contributed by atoms with van der Waals surface area (Å²) in [6.45, 7) is 4.41. The van der Waals surface area contributed by atoms with Gasteiger partial charge in [0.15, 0.2) is 7.28 Å². The first kappa shape index (κ1) is 26.1. The highest BCUT2D eigenvalue weighted by atomic mass is 15.0. The van der Waals surface area contributed by atoms with Crippen molar-refractivity contribution >= 4 is 89.5 Å². The van der Waals surface area contributed by atoms with Crippen LogP contribution in [0.25, 0.3) is 76.7 Å². The van der Waals surface area contributed by atoms with Crippen LogP contribution in [0.3, 0.4) is 0 Å². The van der Waals surface area contributed by atoms with Crippen LogP contribution < -0.4 is 16.2 Å². The van der Waals surface area contributed by atoms with Gasteiger partial charge in [-0.15, -0.1) is 0 Å². The molecular formula is C44H29BN3. The van der Waals surface area contributed by atoms with Crippen LogP contribution in [0.4, 0.5) is 11.4 Å². The summed E-state index contributed by atoms with van der Waals surface area (Å²) in [5, 5.41) is 11.7. The van der Waals surface area contributed by atoms with Gasteiger partial charge in [0.1, 0.15) is 0 Å². The molecule has 0 saturated heterocycles. The van der Waals surface area contributed by atoms with Crippen LogP contribution in [0.15, 0.2) is 133 Å². The zero-order valence-corrected chi connectivity index (χ0v) is 26.7. The Bertz CT molecular complexity index is 2980. The molecular weight excluding hydrogens is 581 g/mol. The average Bonchev–Trinajstić information content (AvgIpc) is 3.76. The molecule has 0 atom stereocenters. The van der Waals surface area contributed by atoms with Crippen LogP contribution in [0.1, 0.15) is 11.1 Å². The molecule has 0 fully saturated rings. The van der Waals surface area contributed by atoms with Gasteiger partial charge in [-0.3, -0.25) is 0 Å². The zero-order valence-electron chi connectivity index (χ0n) is 26.7. The Morgan fingerprint density at radius 2 is 1.23 bits per heavy atom. The minimum Gasteiger partial charge on any atom is -0.354 e. The summed E-state index contributed by atoms with van der Waals surface area (Å²) in [4.78, 5) is 0. The fraction of sp³-hybridized carbons (Fsp3) is 0.0455. The van der Waals surface area contributed by atoms with Crippen molar-refractivity contribution in [1.82, 2.24) is 8.97 Å². The van der Waals surface area contributed by atoms with Crippen molar-refractivity contribution in [3.05, 3.63) is 145 Å². The Morgan fingerprint density at radius 1 is 0.542 bits per heavy atom. The first-order chi connectivity index (χ1) is 23.7. The maximum absolute atomic E-state index is 4.01. The van der Waals surface area contributed by atoms with E-state index in [4.69, 9.17) is 0 Å². The molecule has 10 aromatic rings. The quantitative estimate of drug-likeness (QED) is 0.198. The number of hydrogen-bond donors (Lipinski definition) is 1. The number of nitrogens with one attached hydrogen (secondary N) is 1. The fourth-order valence-corrected chi connectivity index (χ4v) is 8.63. The van der Waals surface area contributed by atoms with Crippen LogP contribution in [0.2, 0.25) is 0 Å². The number of anilines is 2. The van der Waals surface area contributed by atoms with Gasteiger partial charge in [0.05, 0.1) is 27.8 Å². The van der Waals surface area contributed by atoms with E-state index in [1.807, 2.05) is 0 Å². The maximum Gasteiger partial charge on any atom is 0.197 e. The van der Waals surface area contributed by atoms with Crippen molar-refractivity contribution in [3.8, 4) is 16.8 Å². The Hall–Kier alpha value is -6.00. The van der Waals surface area contributed by atoms with Crippen molar-refractivity contribution in [2.45, 2.75) is 13.8 Å². The summed E-state index contributed by atoms with van der Waals surface area (Å²) in [5.74, 6) is 0. The first-order valence-electron chi connectivity index (χ1n) is 16.7.